The van der Waals surface area contributed by atoms with Crippen LogP contribution in [0.1, 0.15) is 34.6 Å². The molecule has 0 amide bonds. The third-order valence-corrected chi connectivity index (χ3v) is 2.52. The maximum absolute atomic E-state index is 3.37. The van der Waals surface area contributed by atoms with E-state index in [0.29, 0.717) is 6.04 Å². The highest BCUT2D eigenvalue weighted by molar-refractivity contribution is 4.96. The lowest BCUT2D eigenvalue weighted by Gasteiger charge is -2.42. The van der Waals surface area contributed by atoms with Gasteiger partial charge in [0.25, 0.3) is 0 Å². The SMILES string of the molecule is CNC(C(C)(C)C)C(C)(C)NC. The molecular weight excluding hydrogens is 148 g/mol. The molecule has 0 spiro atoms. The van der Waals surface area contributed by atoms with Crippen molar-refractivity contribution in [2.75, 3.05) is 14.1 Å². The molecule has 0 radical (unpaired) electrons. The average molecular weight is 172 g/mol. The largest absolute Gasteiger partial charge is 0.315 e. The summed E-state index contributed by atoms with van der Waals surface area (Å²) >= 11 is 0. The standard InChI is InChI=1S/C10H24N2/c1-9(2,3)8(11-6)10(4,5)12-7/h8,11-12H,1-7H3. The van der Waals surface area contributed by atoms with Crippen molar-refractivity contribution in [3.05, 3.63) is 0 Å². The molecule has 74 valence electrons. The molecule has 0 heterocycles. The predicted molar refractivity (Wildman–Crippen MR) is 55.4 cm³/mol. The van der Waals surface area contributed by atoms with Gasteiger partial charge in [0, 0.05) is 11.6 Å². The van der Waals surface area contributed by atoms with Gasteiger partial charge in [0.15, 0.2) is 0 Å². The van der Waals surface area contributed by atoms with E-state index in [4.69, 9.17) is 0 Å². The Morgan fingerprint density at radius 3 is 1.42 bits per heavy atom. The van der Waals surface area contributed by atoms with Crippen LogP contribution in [-0.4, -0.2) is 25.7 Å². The molecule has 1 unspecified atom stereocenters. The van der Waals surface area contributed by atoms with Crippen LogP contribution in [0.2, 0.25) is 0 Å². The topological polar surface area (TPSA) is 24.1 Å². The summed E-state index contributed by atoms with van der Waals surface area (Å²) in [7, 11) is 4.03. The molecule has 2 nitrogen and oxygen atoms in total. The smallest absolute Gasteiger partial charge is 0.0290 e. The molecule has 0 aliphatic heterocycles. The second-order valence-electron chi connectivity index (χ2n) is 5.06. The highest BCUT2D eigenvalue weighted by Gasteiger charge is 2.35. The molecule has 0 aromatic heterocycles. The zero-order chi connectivity index (χ0) is 9.99. The number of nitrogens with one attached hydrogen (secondary N) is 2. The molecule has 0 rings (SSSR count). The van der Waals surface area contributed by atoms with Gasteiger partial charge in [0.1, 0.15) is 0 Å². The predicted octanol–water partition coefficient (Wildman–Crippen LogP) is 1.62. The van der Waals surface area contributed by atoms with Crippen molar-refractivity contribution in [2.24, 2.45) is 5.41 Å². The molecule has 0 aliphatic rings. The molecule has 0 saturated heterocycles. The summed E-state index contributed by atoms with van der Waals surface area (Å²) < 4.78 is 0. The summed E-state index contributed by atoms with van der Waals surface area (Å²) in [4.78, 5) is 0. The summed E-state index contributed by atoms with van der Waals surface area (Å²) in [5, 5.41) is 6.71. The van der Waals surface area contributed by atoms with Gasteiger partial charge in [-0.3, -0.25) is 0 Å². The Morgan fingerprint density at radius 2 is 1.33 bits per heavy atom. The van der Waals surface area contributed by atoms with E-state index in [0.717, 1.165) is 0 Å². The lowest BCUT2D eigenvalue weighted by molar-refractivity contribution is 0.171. The van der Waals surface area contributed by atoms with Crippen LogP contribution in [0, 0.1) is 5.41 Å². The first kappa shape index (κ1) is 11.9. The summed E-state index contributed by atoms with van der Waals surface area (Å²) in [6, 6.07) is 0.468. The Labute approximate surface area is 77.1 Å². The van der Waals surface area contributed by atoms with Crippen molar-refractivity contribution in [1.29, 1.82) is 0 Å². The first-order valence-corrected chi connectivity index (χ1v) is 4.62. The minimum atomic E-state index is 0.132. The van der Waals surface area contributed by atoms with E-state index in [1.54, 1.807) is 0 Å². The second-order valence-corrected chi connectivity index (χ2v) is 5.06. The van der Waals surface area contributed by atoms with Gasteiger partial charge < -0.3 is 10.6 Å². The molecule has 0 bridgehead atoms. The third-order valence-electron chi connectivity index (χ3n) is 2.52. The van der Waals surface area contributed by atoms with Crippen molar-refractivity contribution in [1.82, 2.24) is 10.6 Å². The highest BCUT2D eigenvalue weighted by Crippen LogP contribution is 2.27. The van der Waals surface area contributed by atoms with Crippen LogP contribution in [0.3, 0.4) is 0 Å². The van der Waals surface area contributed by atoms with Crippen molar-refractivity contribution >= 4 is 0 Å². The van der Waals surface area contributed by atoms with Crippen LogP contribution in [-0.2, 0) is 0 Å². The lowest BCUT2D eigenvalue weighted by Crippen LogP contribution is -2.59. The van der Waals surface area contributed by atoms with Crippen LogP contribution >= 0.6 is 0 Å². The molecule has 0 aromatic rings. The quantitative estimate of drug-likeness (QED) is 0.676. The zero-order valence-corrected chi connectivity index (χ0v) is 9.58. The fourth-order valence-corrected chi connectivity index (χ4v) is 2.02. The first-order chi connectivity index (χ1) is 5.25. The van der Waals surface area contributed by atoms with Crippen molar-refractivity contribution in [2.45, 2.75) is 46.2 Å². The van der Waals surface area contributed by atoms with Gasteiger partial charge >= 0.3 is 0 Å². The normalized spacial score (nSPS) is 16.2. The maximum atomic E-state index is 3.37. The van der Waals surface area contributed by atoms with Crippen LogP contribution in [0.5, 0.6) is 0 Å². The zero-order valence-electron chi connectivity index (χ0n) is 9.58. The lowest BCUT2D eigenvalue weighted by atomic mass is 9.76. The summed E-state index contributed by atoms with van der Waals surface area (Å²) in [5.74, 6) is 0. The molecular formula is C10H24N2. The van der Waals surface area contributed by atoms with Gasteiger partial charge in [-0.05, 0) is 33.4 Å². The van der Waals surface area contributed by atoms with E-state index >= 15 is 0 Å². The van der Waals surface area contributed by atoms with E-state index in [2.05, 4.69) is 45.3 Å². The molecule has 0 saturated carbocycles. The van der Waals surface area contributed by atoms with Crippen LogP contribution in [0.15, 0.2) is 0 Å². The number of likely N-dealkylation sites (N-methyl/N-ethyl adjacent to an activating group) is 2. The van der Waals surface area contributed by atoms with E-state index in [-0.39, 0.29) is 11.0 Å². The van der Waals surface area contributed by atoms with E-state index in [1.165, 1.54) is 0 Å². The fourth-order valence-electron chi connectivity index (χ4n) is 2.02. The average Bonchev–Trinajstić information content (AvgIpc) is 1.85. The van der Waals surface area contributed by atoms with Gasteiger partial charge in [-0.2, -0.15) is 0 Å². The van der Waals surface area contributed by atoms with Crippen molar-refractivity contribution in [3.63, 3.8) is 0 Å². The minimum Gasteiger partial charge on any atom is -0.315 e. The molecule has 2 N–H and O–H groups in total. The van der Waals surface area contributed by atoms with Gasteiger partial charge in [-0.25, -0.2) is 0 Å². The Morgan fingerprint density at radius 1 is 0.917 bits per heavy atom. The van der Waals surface area contributed by atoms with Gasteiger partial charge in [-0.15, -0.1) is 0 Å². The number of rotatable bonds is 3. The first-order valence-electron chi connectivity index (χ1n) is 4.62. The Kier molecular flexibility index (Phi) is 3.73. The third kappa shape index (κ3) is 2.76. The van der Waals surface area contributed by atoms with Crippen molar-refractivity contribution < 1.29 is 0 Å². The van der Waals surface area contributed by atoms with E-state index in [1.807, 2.05) is 14.1 Å². The summed E-state index contributed by atoms with van der Waals surface area (Å²) in [6.07, 6.45) is 0. The molecule has 2 heteroatoms. The fraction of sp³-hybridized carbons (Fsp3) is 1.00. The minimum absolute atomic E-state index is 0.132. The van der Waals surface area contributed by atoms with E-state index < -0.39 is 0 Å². The molecule has 0 aliphatic carbocycles. The second kappa shape index (κ2) is 3.75. The Balaban J connectivity index is 4.56. The Bertz CT molecular complexity index is 133. The number of hydrogen-bond donors (Lipinski definition) is 2. The number of hydrogen-bond acceptors (Lipinski definition) is 2. The monoisotopic (exact) mass is 172 g/mol. The van der Waals surface area contributed by atoms with Crippen LogP contribution in [0.4, 0.5) is 0 Å². The van der Waals surface area contributed by atoms with Crippen LogP contribution < -0.4 is 10.6 Å². The van der Waals surface area contributed by atoms with E-state index in [9.17, 15) is 0 Å². The van der Waals surface area contributed by atoms with Gasteiger partial charge in [0.05, 0.1) is 0 Å². The molecule has 12 heavy (non-hydrogen) atoms. The van der Waals surface area contributed by atoms with Crippen molar-refractivity contribution in [3.8, 4) is 0 Å². The van der Waals surface area contributed by atoms with Gasteiger partial charge in [-0.1, -0.05) is 20.8 Å². The summed E-state index contributed by atoms with van der Waals surface area (Å²) in [6.45, 7) is 11.2. The molecule has 1 atom stereocenters. The van der Waals surface area contributed by atoms with Gasteiger partial charge in [0.2, 0.25) is 0 Å². The summed E-state index contributed by atoms with van der Waals surface area (Å²) in [5.41, 5.74) is 0.411. The Hall–Kier alpha value is -0.0800. The molecule has 0 aromatic carbocycles. The highest BCUT2D eigenvalue weighted by atomic mass is 15.0. The van der Waals surface area contributed by atoms with Crippen LogP contribution in [0.25, 0.3) is 0 Å². The molecule has 0 fully saturated rings. The maximum Gasteiger partial charge on any atom is 0.0290 e.